The fourth-order valence-electron chi connectivity index (χ4n) is 2.68. The van der Waals surface area contributed by atoms with Crippen LogP contribution in [-0.4, -0.2) is 9.78 Å². The average Bonchev–Trinajstić information content (AvgIpc) is 2.69. The summed E-state index contributed by atoms with van der Waals surface area (Å²) < 4.78 is 1.84. The first-order valence-corrected chi connectivity index (χ1v) is 6.16. The van der Waals surface area contributed by atoms with Gasteiger partial charge in [-0.2, -0.15) is 5.10 Å². The van der Waals surface area contributed by atoms with E-state index in [0.29, 0.717) is 5.92 Å². The van der Waals surface area contributed by atoms with E-state index >= 15 is 0 Å². The summed E-state index contributed by atoms with van der Waals surface area (Å²) in [5.74, 6) is 7.19. The Bertz CT molecular complexity index is 326. The smallest absolute Gasteiger partial charge is 0.0810 e. The lowest BCUT2D eigenvalue weighted by Gasteiger charge is -2.31. The zero-order valence-corrected chi connectivity index (χ0v) is 10.2. The Morgan fingerprint density at radius 3 is 2.62 bits per heavy atom. The second-order valence-corrected chi connectivity index (χ2v) is 5.08. The number of hydrogen-bond acceptors (Lipinski definition) is 3. The molecule has 4 nitrogen and oxygen atoms in total. The van der Waals surface area contributed by atoms with E-state index in [9.17, 15) is 0 Å². The van der Waals surface area contributed by atoms with Gasteiger partial charge in [-0.25, -0.2) is 0 Å². The molecule has 1 aromatic rings. The Balaban J connectivity index is 2.05. The number of hydrazine groups is 1. The maximum atomic E-state index is 5.68. The van der Waals surface area contributed by atoms with Crippen LogP contribution in [0.3, 0.4) is 0 Å². The van der Waals surface area contributed by atoms with Gasteiger partial charge >= 0.3 is 0 Å². The molecule has 1 aromatic heterocycles. The molecule has 0 bridgehead atoms. The van der Waals surface area contributed by atoms with Crippen molar-refractivity contribution in [2.45, 2.75) is 38.6 Å². The quantitative estimate of drug-likeness (QED) is 0.605. The highest BCUT2D eigenvalue weighted by Gasteiger charge is 2.27. The van der Waals surface area contributed by atoms with Gasteiger partial charge < -0.3 is 0 Å². The van der Waals surface area contributed by atoms with Crippen LogP contribution >= 0.6 is 0 Å². The Labute approximate surface area is 97.2 Å². The first kappa shape index (κ1) is 11.6. The molecule has 0 amide bonds. The first-order chi connectivity index (χ1) is 7.70. The number of aromatic nitrogens is 2. The van der Waals surface area contributed by atoms with Gasteiger partial charge in [0, 0.05) is 13.2 Å². The molecule has 0 spiro atoms. The highest BCUT2D eigenvalue weighted by Crippen LogP contribution is 2.35. The number of aryl methyl sites for hydroxylation is 1. The van der Waals surface area contributed by atoms with Gasteiger partial charge in [0.25, 0.3) is 0 Å². The van der Waals surface area contributed by atoms with Gasteiger partial charge in [-0.1, -0.05) is 19.8 Å². The molecule has 1 atom stereocenters. The lowest BCUT2D eigenvalue weighted by atomic mass is 9.78. The predicted molar refractivity (Wildman–Crippen MR) is 64.4 cm³/mol. The summed E-state index contributed by atoms with van der Waals surface area (Å²) in [6.07, 6.45) is 7.12. The monoisotopic (exact) mass is 222 g/mol. The fraction of sp³-hybridized carbons (Fsp3) is 0.750. The van der Waals surface area contributed by atoms with Gasteiger partial charge in [-0.3, -0.25) is 16.0 Å². The highest BCUT2D eigenvalue weighted by molar-refractivity contribution is 5.07. The molecule has 1 saturated carbocycles. The number of rotatable bonds is 3. The summed E-state index contributed by atoms with van der Waals surface area (Å²) in [5, 5.41) is 4.45. The summed E-state index contributed by atoms with van der Waals surface area (Å²) in [4.78, 5) is 0. The molecule has 1 aliphatic rings. The fourth-order valence-corrected chi connectivity index (χ4v) is 2.68. The summed E-state index contributed by atoms with van der Waals surface area (Å²) in [5.41, 5.74) is 4.01. The van der Waals surface area contributed by atoms with Crippen molar-refractivity contribution in [3.05, 3.63) is 18.0 Å². The van der Waals surface area contributed by atoms with Gasteiger partial charge in [-0.05, 0) is 30.7 Å². The van der Waals surface area contributed by atoms with Crippen LogP contribution in [0.15, 0.2) is 12.3 Å². The standard InChI is InChI=1S/C12H22N4/c1-9-3-5-10(6-4-9)12(14-13)11-7-8-16(2)15-11/h7-10,12,14H,3-6,13H2,1-2H3. The summed E-state index contributed by atoms with van der Waals surface area (Å²) in [6.45, 7) is 2.34. The van der Waals surface area contributed by atoms with E-state index in [0.717, 1.165) is 11.6 Å². The number of hydrogen-bond donors (Lipinski definition) is 2. The van der Waals surface area contributed by atoms with Crippen LogP contribution in [0.5, 0.6) is 0 Å². The minimum atomic E-state index is 0.216. The normalized spacial score (nSPS) is 27.9. The molecule has 0 aromatic carbocycles. The Morgan fingerprint density at radius 1 is 1.44 bits per heavy atom. The van der Waals surface area contributed by atoms with Crippen LogP contribution in [0.4, 0.5) is 0 Å². The van der Waals surface area contributed by atoms with E-state index < -0.39 is 0 Å². The van der Waals surface area contributed by atoms with Crippen molar-refractivity contribution < 1.29 is 0 Å². The first-order valence-electron chi connectivity index (χ1n) is 6.16. The highest BCUT2D eigenvalue weighted by atomic mass is 15.3. The van der Waals surface area contributed by atoms with Crippen molar-refractivity contribution in [2.24, 2.45) is 24.7 Å². The summed E-state index contributed by atoms with van der Waals surface area (Å²) in [7, 11) is 1.94. The van der Waals surface area contributed by atoms with Gasteiger partial charge in [0.15, 0.2) is 0 Å². The van der Waals surface area contributed by atoms with Crippen molar-refractivity contribution in [3.63, 3.8) is 0 Å². The van der Waals surface area contributed by atoms with Gasteiger partial charge in [0.2, 0.25) is 0 Å². The van der Waals surface area contributed by atoms with Gasteiger partial charge in [-0.15, -0.1) is 0 Å². The van der Waals surface area contributed by atoms with E-state index in [1.165, 1.54) is 25.7 Å². The van der Waals surface area contributed by atoms with Crippen molar-refractivity contribution in [3.8, 4) is 0 Å². The molecule has 3 N–H and O–H groups in total. The zero-order valence-electron chi connectivity index (χ0n) is 10.2. The summed E-state index contributed by atoms with van der Waals surface area (Å²) >= 11 is 0. The summed E-state index contributed by atoms with van der Waals surface area (Å²) in [6, 6.07) is 2.27. The largest absolute Gasteiger partial charge is 0.275 e. The van der Waals surface area contributed by atoms with Gasteiger partial charge in [0.1, 0.15) is 0 Å². The minimum Gasteiger partial charge on any atom is -0.275 e. The van der Waals surface area contributed by atoms with Gasteiger partial charge in [0.05, 0.1) is 11.7 Å². The van der Waals surface area contributed by atoms with Crippen molar-refractivity contribution in [1.82, 2.24) is 15.2 Å². The van der Waals surface area contributed by atoms with E-state index in [1.807, 2.05) is 17.9 Å². The maximum Gasteiger partial charge on any atom is 0.0810 e. The molecule has 1 aliphatic carbocycles. The van der Waals surface area contributed by atoms with Crippen LogP contribution in [0, 0.1) is 11.8 Å². The SMILES string of the molecule is CC1CCC(C(NN)c2ccn(C)n2)CC1. The number of nitrogens with two attached hydrogens (primary N) is 1. The lowest BCUT2D eigenvalue weighted by molar-refractivity contribution is 0.229. The molecule has 1 heterocycles. The zero-order chi connectivity index (χ0) is 11.5. The third-order valence-corrected chi connectivity index (χ3v) is 3.76. The third-order valence-electron chi connectivity index (χ3n) is 3.76. The molecule has 90 valence electrons. The molecule has 4 heteroatoms. The average molecular weight is 222 g/mol. The van der Waals surface area contributed by atoms with E-state index in [1.54, 1.807) is 0 Å². The lowest BCUT2D eigenvalue weighted by Crippen LogP contribution is -2.35. The van der Waals surface area contributed by atoms with Crippen molar-refractivity contribution in [2.75, 3.05) is 0 Å². The molecule has 1 fully saturated rings. The second kappa shape index (κ2) is 4.97. The number of nitrogens with one attached hydrogen (secondary N) is 1. The Morgan fingerprint density at radius 2 is 2.12 bits per heavy atom. The molecule has 0 radical (unpaired) electrons. The molecule has 0 saturated heterocycles. The van der Waals surface area contributed by atoms with Crippen molar-refractivity contribution in [1.29, 1.82) is 0 Å². The van der Waals surface area contributed by atoms with E-state index in [2.05, 4.69) is 23.5 Å². The molecule has 1 unspecified atom stereocenters. The van der Waals surface area contributed by atoms with E-state index in [-0.39, 0.29) is 6.04 Å². The number of nitrogens with zero attached hydrogens (tertiary/aromatic N) is 2. The second-order valence-electron chi connectivity index (χ2n) is 5.08. The van der Waals surface area contributed by atoms with Crippen LogP contribution in [0.25, 0.3) is 0 Å². The van der Waals surface area contributed by atoms with Crippen LogP contribution in [-0.2, 0) is 7.05 Å². The van der Waals surface area contributed by atoms with E-state index in [4.69, 9.17) is 5.84 Å². The van der Waals surface area contributed by atoms with Crippen LogP contribution in [0.1, 0.15) is 44.3 Å². The maximum absolute atomic E-state index is 5.68. The Hall–Kier alpha value is -0.870. The molecular formula is C12H22N4. The Kier molecular flexibility index (Phi) is 3.61. The molecule has 16 heavy (non-hydrogen) atoms. The van der Waals surface area contributed by atoms with Crippen LogP contribution < -0.4 is 11.3 Å². The van der Waals surface area contributed by atoms with Crippen LogP contribution in [0.2, 0.25) is 0 Å². The minimum absolute atomic E-state index is 0.216. The molecule has 0 aliphatic heterocycles. The molecule has 2 rings (SSSR count). The topological polar surface area (TPSA) is 55.9 Å². The third kappa shape index (κ3) is 2.44. The predicted octanol–water partition coefficient (Wildman–Crippen LogP) is 1.75. The van der Waals surface area contributed by atoms with Crippen molar-refractivity contribution >= 4 is 0 Å². The molecular weight excluding hydrogens is 200 g/mol.